The zero-order valence-corrected chi connectivity index (χ0v) is 11.4. The van der Waals surface area contributed by atoms with E-state index >= 15 is 0 Å². The molecule has 104 valence electrons. The van der Waals surface area contributed by atoms with Crippen LogP contribution in [0.1, 0.15) is 40.9 Å². The molecule has 3 N–H and O–H groups in total. The van der Waals surface area contributed by atoms with E-state index in [1.54, 1.807) is 19.9 Å². The molecular formula is C14H20N2O3. The molecule has 0 spiro atoms. The minimum Gasteiger partial charge on any atom is -0.396 e. The Labute approximate surface area is 112 Å². The van der Waals surface area contributed by atoms with Gasteiger partial charge in [-0.2, -0.15) is 0 Å². The monoisotopic (exact) mass is 264 g/mol. The molecule has 0 radical (unpaired) electrons. The predicted molar refractivity (Wildman–Crippen MR) is 72.2 cm³/mol. The van der Waals surface area contributed by atoms with Gasteiger partial charge in [0.25, 0.3) is 11.5 Å². The number of aliphatic hydroxyl groups excluding tert-OH is 1. The summed E-state index contributed by atoms with van der Waals surface area (Å²) in [6, 6.07) is 1.79. The molecule has 0 atom stereocenters. The second-order valence-corrected chi connectivity index (χ2v) is 5.50. The van der Waals surface area contributed by atoms with Gasteiger partial charge in [-0.25, -0.2) is 0 Å². The standard InChI is InChI=1S/C14H20N2O3/c1-9-7-10(2)16-13(19)11(9)12(18)15-8-14(3-4-14)5-6-17/h7,17H,3-6,8H2,1-2H3,(H,15,18)(H,16,19). The summed E-state index contributed by atoms with van der Waals surface area (Å²) in [7, 11) is 0. The molecule has 1 amide bonds. The van der Waals surface area contributed by atoms with Gasteiger partial charge in [-0.1, -0.05) is 0 Å². The number of amides is 1. The third-order valence-corrected chi connectivity index (χ3v) is 3.82. The molecule has 0 saturated heterocycles. The second-order valence-electron chi connectivity index (χ2n) is 5.50. The molecule has 1 aromatic rings. The van der Waals surface area contributed by atoms with Crippen molar-refractivity contribution in [3.05, 3.63) is 33.2 Å². The van der Waals surface area contributed by atoms with Crippen LogP contribution >= 0.6 is 0 Å². The minimum absolute atomic E-state index is 0.0514. The molecular weight excluding hydrogens is 244 g/mol. The third-order valence-electron chi connectivity index (χ3n) is 3.82. The fourth-order valence-electron chi connectivity index (χ4n) is 2.42. The van der Waals surface area contributed by atoms with Crippen LogP contribution in [-0.2, 0) is 0 Å². The Balaban J connectivity index is 2.07. The van der Waals surface area contributed by atoms with Crippen molar-refractivity contribution in [1.29, 1.82) is 0 Å². The van der Waals surface area contributed by atoms with E-state index in [9.17, 15) is 9.59 Å². The van der Waals surface area contributed by atoms with Crippen molar-refractivity contribution >= 4 is 5.91 Å². The average Bonchev–Trinajstić information content (AvgIpc) is 3.06. The summed E-state index contributed by atoms with van der Waals surface area (Å²) >= 11 is 0. The molecule has 1 aliphatic carbocycles. The van der Waals surface area contributed by atoms with Crippen LogP contribution in [0.2, 0.25) is 0 Å². The zero-order valence-electron chi connectivity index (χ0n) is 11.4. The van der Waals surface area contributed by atoms with Crippen molar-refractivity contribution in [3.63, 3.8) is 0 Å². The molecule has 0 unspecified atom stereocenters. The quantitative estimate of drug-likeness (QED) is 0.738. The van der Waals surface area contributed by atoms with Crippen LogP contribution < -0.4 is 10.9 Å². The number of pyridine rings is 1. The number of aryl methyl sites for hydroxylation is 2. The van der Waals surface area contributed by atoms with Gasteiger partial charge < -0.3 is 15.4 Å². The highest BCUT2D eigenvalue weighted by molar-refractivity contribution is 5.95. The first kappa shape index (κ1) is 13.8. The molecule has 1 saturated carbocycles. The van der Waals surface area contributed by atoms with E-state index in [1.807, 2.05) is 0 Å². The van der Waals surface area contributed by atoms with Crippen LogP contribution in [0.4, 0.5) is 0 Å². The smallest absolute Gasteiger partial charge is 0.261 e. The number of hydrogen-bond donors (Lipinski definition) is 3. The molecule has 19 heavy (non-hydrogen) atoms. The Morgan fingerprint density at radius 3 is 2.68 bits per heavy atom. The zero-order chi connectivity index (χ0) is 14.0. The maximum Gasteiger partial charge on any atom is 0.261 e. The summed E-state index contributed by atoms with van der Waals surface area (Å²) in [4.78, 5) is 26.5. The largest absolute Gasteiger partial charge is 0.396 e. The first-order valence-electron chi connectivity index (χ1n) is 6.57. The maximum atomic E-state index is 12.1. The van der Waals surface area contributed by atoms with Crippen LogP contribution in [0.3, 0.4) is 0 Å². The highest BCUT2D eigenvalue weighted by atomic mass is 16.3. The van der Waals surface area contributed by atoms with Crippen molar-refractivity contribution in [3.8, 4) is 0 Å². The molecule has 0 bridgehead atoms. The molecule has 0 aliphatic heterocycles. The number of rotatable bonds is 5. The lowest BCUT2D eigenvalue weighted by molar-refractivity contribution is 0.0938. The van der Waals surface area contributed by atoms with E-state index in [0.717, 1.165) is 18.5 Å². The normalized spacial score (nSPS) is 16.2. The highest BCUT2D eigenvalue weighted by Crippen LogP contribution is 2.47. The average molecular weight is 264 g/mol. The van der Waals surface area contributed by atoms with Gasteiger partial charge in [0.15, 0.2) is 0 Å². The lowest BCUT2D eigenvalue weighted by Gasteiger charge is -2.15. The second kappa shape index (κ2) is 5.17. The fraction of sp³-hybridized carbons (Fsp3) is 0.571. The van der Waals surface area contributed by atoms with Crippen LogP contribution in [-0.4, -0.2) is 29.1 Å². The maximum absolute atomic E-state index is 12.1. The molecule has 1 aliphatic rings. The van der Waals surface area contributed by atoms with Gasteiger partial charge in [-0.05, 0) is 50.2 Å². The Morgan fingerprint density at radius 1 is 1.47 bits per heavy atom. The lowest BCUT2D eigenvalue weighted by atomic mass is 10.0. The van der Waals surface area contributed by atoms with Crippen molar-refractivity contribution in [2.75, 3.05) is 13.2 Å². The van der Waals surface area contributed by atoms with Crippen molar-refractivity contribution in [1.82, 2.24) is 10.3 Å². The van der Waals surface area contributed by atoms with Crippen LogP contribution in [0, 0.1) is 19.3 Å². The summed E-state index contributed by atoms with van der Waals surface area (Å²) in [5, 5.41) is 11.8. The van der Waals surface area contributed by atoms with Gasteiger partial charge in [0, 0.05) is 18.8 Å². The number of aromatic nitrogens is 1. The molecule has 0 aromatic carbocycles. The number of aliphatic hydroxyl groups is 1. The third kappa shape index (κ3) is 3.04. The lowest BCUT2D eigenvalue weighted by Crippen LogP contribution is -2.35. The number of carbonyl (C=O) groups excluding carboxylic acids is 1. The Bertz CT molecular complexity index is 544. The van der Waals surface area contributed by atoms with E-state index in [4.69, 9.17) is 5.11 Å². The van der Waals surface area contributed by atoms with Gasteiger partial charge >= 0.3 is 0 Å². The number of nitrogens with one attached hydrogen (secondary N) is 2. The number of carbonyl (C=O) groups is 1. The Hall–Kier alpha value is -1.62. The molecule has 1 heterocycles. The first-order chi connectivity index (χ1) is 8.97. The Morgan fingerprint density at radius 2 is 2.16 bits per heavy atom. The van der Waals surface area contributed by atoms with E-state index in [2.05, 4.69) is 10.3 Å². The molecule has 1 fully saturated rings. The van der Waals surface area contributed by atoms with E-state index in [-0.39, 0.29) is 29.1 Å². The fourth-order valence-corrected chi connectivity index (χ4v) is 2.42. The van der Waals surface area contributed by atoms with Crippen molar-refractivity contribution < 1.29 is 9.90 Å². The summed E-state index contributed by atoms with van der Waals surface area (Å²) in [5.74, 6) is -0.331. The van der Waals surface area contributed by atoms with Crippen LogP contribution in [0.25, 0.3) is 0 Å². The van der Waals surface area contributed by atoms with Gasteiger partial charge in [-0.15, -0.1) is 0 Å². The molecule has 2 rings (SSSR count). The van der Waals surface area contributed by atoms with E-state index in [0.29, 0.717) is 18.5 Å². The highest BCUT2D eigenvalue weighted by Gasteiger charge is 2.42. The summed E-state index contributed by atoms with van der Waals surface area (Å²) in [5.41, 5.74) is 1.33. The van der Waals surface area contributed by atoms with Crippen LogP contribution in [0.15, 0.2) is 10.9 Å². The topological polar surface area (TPSA) is 82.2 Å². The van der Waals surface area contributed by atoms with Gasteiger partial charge in [0.05, 0.1) is 0 Å². The Kier molecular flexibility index (Phi) is 3.75. The van der Waals surface area contributed by atoms with Gasteiger partial charge in [0.1, 0.15) is 5.56 Å². The summed E-state index contributed by atoms with van der Waals surface area (Å²) in [6.45, 7) is 4.22. The van der Waals surface area contributed by atoms with E-state index < -0.39 is 0 Å². The minimum atomic E-state index is -0.345. The summed E-state index contributed by atoms with van der Waals surface area (Å²) < 4.78 is 0. The number of hydrogen-bond acceptors (Lipinski definition) is 3. The SMILES string of the molecule is Cc1cc(C)c(C(=O)NCC2(CCO)CC2)c(=O)[nH]1. The van der Waals surface area contributed by atoms with Gasteiger partial charge in [-0.3, -0.25) is 9.59 Å². The number of aromatic amines is 1. The molecule has 5 nitrogen and oxygen atoms in total. The number of H-pyrrole nitrogens is 1. The van der Waals surface area contributed by atoms with Crippen molar-refractivity contribution in [2.24, 2.45) is 5.41 Å². The molecule has 5 heteroatoms. The van der Waals surface area contributed by atoms with Gasteiger partial charge in [0.2, 0.25) is 0 Å². The van der Waals surface area contributed by atoms with Crippen molar-refractivity contribution in [2.45, 2.75) is 33.1 Å². The van der Waals surface area contributed by atoms with E-state index in [1.165, 1.54) is 0 Å². The molecule has 1 aromatic heterocycles. The summed E-state index contributed by atoms with van der Waals surface area (Å²) in [6.07, 6.45) is 2.75. The first-order valence-corrected chi connectivity index (χ1v) is 6.57. The predicted octanol–water partition coefficient (Wildman–Crippen LogP) is 0.884. The van der Waals surface area contributed by atoms with Crippen LogP contribution in [0.5, 0.6) is 0 Å².